The number of nitrogens with zero attached hydrogens (tertiary/aromatic N) is 1. The number of rotatable bonds is 9. The van der Waals surface area contributed by atoms with Crippen LogP contribution in [0.5, 0.6) is 0 Å². The van der Waals surface area contributed by atoms with Crippen LogP contribution in [0, 0.1) is 10.1 Å². The van der Waals surface area contributed by atoms with Crippen molar-refractivity contribution in [3.63, 3.8) is 0 Å². The SMILES string of the molecule is C[C@@H](Sc1ccc([N+](=O)[O-])cc1)C(=O)NCCSCc1cccs1. The minimum atomic E-state index is -0.432. The molecular weight excluding hydrogens is 364 g/mol. The molecule has 2 aromatic rings. The van der Waals surface area contributed by atoms with E-state index in [1.165, 1.54) is 28.8 Å². The number of nitro benzene ring substituents is 1. The molecule has 0 bridgehead atoms. The van der Waals surface area contributed by atoms with Gasteiger partial charge in [0.1, 0.15) is 0 Å². The predicted molar refractivity (Wildman–Crippen MR) is 102 cm³/mol. The zero-order valence-corrected chi connectivity index (χ0v) is 15.6. The molecule has 5 nitrogen and oxygen atoms in total. The Bertz CT molecular complexity index is 660. The fourth-order valence-corrected chi connectivity index (χ4v) is 4.45. The Morgan fingerprint density at radius 1 is 1.33 bits per heavy atom. The fraction of sp³-hybridized carbons (Fsp3) is 0.312. The molecule has 0 saturated carbocycles. The van der Waals surface area contributed by atoms with Crippen molar-refractivity contribution in [3.05, 3.63) is 56.8 Å². The highest BCUT2D eigenvalue weighted by Crippen LogP contribution is 2.25. The fourth-order valence-electron chi connectivity index (χ4n) is 1.86. The molecule has 0 unspecified atom stereocenters. The second-order valence-corrected chi connectivity index (χ2v) is 8.49. The number of thiophene rings is 1. The van der Waals surface area contributed by atoms with E-state index >= 15 is 0 Å². The average molecular weight is 383 g/mol. The minimum absolute atomic E-state index is 0.0184. The first-order valence-corrected chi connectivity index (χ1v) is 10.3. The maximum atomic E-state index is 12.1. The summed E-state index contributed by atoms with van der Waals surface area (Å²) in [4.78, 5) is 24.4. The molecule has 1 aromatic carbocycles. The van der Waals surface area contributed by atoms with Crippen molar-refractivity contribution in [1.29, 1.82) is 0 Å². The molecule has 1 atom stereocenters. The summed E-state index contributed by atoms with van der Waals surface area (Å²) in [6.45, 7) is 2.47. The second kappa shape index (κ2) is 9.71. The monoisotopic (exact) mass is 382 g/mol. The normalized spacial score (nSPS) is 11.9. The summed E-state index contributed by atoms with van der Waals surface area (Å²) in [5.74, 6) is 1.83. The first kappa shape index (κ1) is 18.8. The van der Waals surface area contributed by atoms with Crippen molar-refractivity contribution in [3.8, 4) is 0 Å². The third kappa shape index (κ3) is 6.18. The Morgan fingerprint density at radius 2 is 2.08 bits per heavy atom. The number of carbonyl (C=O) groups excluding carboxylic acids is 1. The van der Waals surface area contributed by atoms with Crippen LogP contribution in [0.2, 0.25) is 0 Å². The first-order chi connectivity index (χ1) is 11.6. The summed E-state index contributed by atoms with van der Waals surface area (Å²) in [5.41, 5.74) is 0.0548. The molecule has 0 saturated heterocycles. The number of thioether (sulfide) groups is 2. The summed E-state index contributed by atoms with van der Waals surface area (Å²) in [5, 5.41) is 15.4. The Labute approximate surface area is 153 Å². The van der Waals surface area contributed by atoms with Gasteiger partial charge in [0.15, 0.2) is 0 Å². The second-order valence-electron chi connectivity index (χ2n) is 4.93. The van der Waals surface area contributed by atoms with E-state index in [2.05, 4.69) is 16.8 Å². The lowest BCUT2D eigenvalue weighted by Crippen LogP contribution is -2.32. The van der Waals surface area contributed by atoms with E-state index in [4.69, 9.17) is 0 Å². The van der Waals surface area contributed by atoms with Crippen molar-refractivity contribution in [2.75, 3.05) is 12.3 Å². The zero-order valence-electron chi connectivity index (χ0n) is 13.1. The van der Waals surface area contributed by atoms with Crippen LogP contribution in [0.4, 0.5) is 5.69 Å². The quantitative estimate of drug-likeness (QED) is 0.305. The van der Waals surface area contributed by atoms with Crippen LogP contribution in [0.15, 0.2) is 46.7 Å². The van der Waals surface area contributed by atoms with Gasteiger partial charge in [-0.1, -0.05) is 6.07 Å². The summed E-state index contributed by atoms with van der Waals surface area (Å²) in [7, 11) is 0. The average Bonchev–Trinajstić information content (AvgIpc) is 3.08. The Hall–Kier alpha value is -1.51. The zero-order chi connectivity index (χ0) is 17.4. The topological polar surface area (TPSA) is 72.2 Å². The standard InChI is InChI=1S/C16H18N2O3S3/c1-12(24-14-6-4-13(5-7-14)18(20)21)16(19)17-8-10-22-11-15-3-2-9-23-15/h2-7,9,12H,8,10-11H2,1H3,(H,17,19)/t12-/m1/s1. The van der Waals surface area contributed by atoms with Crippen LogP contribution in [-0.4, -0.2) is 28.4 Å². The molecule has 0 aliphatic carbocycles. The number of nitrogens with one attached hydrogen (secondary N) is 1. The highest BCUT2D eigenvalue weighted by Gasteiger charge is 2.14. The lowest BCUT2D eigenvalue weighted by atomic mass is 10.3. The van der Waals surface area contributed by atoms with Gasteiger partial charge in [0.25, 0.3) is 5.69 Å². The minimum Gasteiger partial charge on any atom is -0.354 e. The van der Waals surface area contributed by atoms with Crippen LogP contribution in [0.25, 0.3) is 0 Å². The Morgan fingerprint density at radius 3 is 2.71 bits per heavy atom. The van der Waals surface area contributed by atoms with Crippen molar-refractivity contribution in [1.82, 2.24) is 5.32 Å². The maximum absolute atomic E-state index is 12.1. The first-order valence-electron chi connectivity index (χ1n) is 7.35. The van der Waals surface area contributed by atoms with Gasteiger partial charge >= 0.3 is 0 Å². The highest BCUT2D eigenvalue weighted by molar-refractivity contribution is 8.00. The molecule has 0 radical (unpaired) electrons. The van der Waals surface area contributed by atoms with Crippen LogP contribution >= 0.6 is 34.9 Å². The van der Waals surface area contributed by atoms with Crippen LogP contribution in [0.1, 0.15) is 11.8 Å². The van der Waals surface area contributed by atoms with Crippen LogP contribution in [0.3, 0.4) is 0 Å². The van der Waals surface area contributed by atoms with Gasteiger partial charge in [0.05, 0.1) is 10.2 Å². The molecule has 128 valence electrons. The smallest absolute Gasteiger partial charge is 0.269 e. The van der Waals surface area contributed by atoms with Crippen molar-refractivity contribution in [2.45, 2.75) is 22.8 Å². The van der Waals surface area contributed by atoms with E-state index in [1.54, 1.807) is 35.2 Å². The van der Waals surface area contributed by atoms with E-state index in [9.17, 15) is 14.9 Å². The van der Waals surface area contributed by atoms with Crippen LogP contribution < -0.4 is 5.32 Å². The van der Waals surface area contributed by atoms with Gasteiger partial charge in [-0.25, -0.2) is 0 Å². The molecule has 1 N–H and O–H groups in total. The predicted octanol–water partition coefficient (Wildman–Crippen LogP) is 4.19. The van der Waals surface area contributed by atoms with E-state index in [1.807, 2.05) is 13.0 Å². The van der Waals surface area contributed by atoms with Gasteiger partial charge in [-0.05, 0) is 30.5 Å². The van der Waals surface area contributed by atoms with Crippen molar-refractivity contribution in [2.24, 2.45) is 0 Å². The van der Waals surface area contributed by atoms with Gasteiger partial charge < -0.3 is 5.32 Å². The molecule has 0 fully saturated rings. The third-order valence-corrected chi connectivity index (χ3v) is 6.28. The Balaban J connectivity index is 1.66. The van der Waals surface area contributed by atoms with Gasteiger partial charge in [-0.15, -0.1) is 23.1 Å². The summed E-state index contributed by atoms with van der Waals surface area (Å²) < 4.78 is 0. The van der Waals surface area contributed by atoms with Gasteiger partial charge in [0, 0.05) is 40.0 Å². The molecule has 0 spiro atoms. The lowest BCUT2D eigenvalue weighted by molar-refractivity contribution is -0.384. The summed E-state index contributed by atoms with van der Waals surface area (Å²) in [6, 6.07) is 10.4. The molecule has 1 aromatic heterocycles. The molecule has 0 aliphatic heterocycles. The Kier molecular flexibility index (Phi) is 7.61. The number of benzene rings is 1. The van der Waals surface area contributed by atoms with Crippen molar-refractivity contribution >= 4 is 46.5 Å². The number of hydrogen-bond acceptors (Lipinski definition) is 6. The molecule has 0 aliphatic rings. The summed E-state index contributed by atoms with van der Waals surface area (Å²) in [6.07, 6.45) is 0. The van der Waals surface area contributed by atoms with Crippen molar-refractivity contribution < 1.29 is 9.72 Å². The maximum Gasteiger partial charge on any atom is 0.269 e. The van der Waals surface area contributed by atoms with E-state index in [-0.39, 0.29) is 16.8 Å². The summed E-state index contributed by atoms with van der Waals surface area (Å²) >= 11 is 4.93. The molecule has 24 heavy (non-hydrogen) atoms. The number of carbonyl (C=O) groups is 1. The molecule has 1 amide bonds. The number of non-ortho nitro benzene ring substituents is 1. The highest BCUT2D eigenvalue weighted by atomic mass is 32.2. The van der Waals surface area contributed by atoms with Gasteiger partial charge in [-0.2, -0.15) is 11.8 Å². The third-order valence-electron chi connectivity index (χ3n) is 3.10. The van der Waals surface area contributed by atoms with E-state index < -0.39 is 4.92 Å². The van der Waals surface area contributed by atoms with E-state index in [0.717, 1.165) is 16.4 Å². The molecule has 2 rings (SSSR count). The van der Waals surface area contributed by atoms with E-state index in [0.29, 0.717) is 6.54 Å². The molecular formula is C16H18N2O3S3. The molecule has 1 heterocycles. The van der Waals surface area contributed by atoms with Gasteiger partial charge in [0.2, 0.25) is 5.91 Å². The lowest BCUT2D eigenvalue weighted by Gasteiger charge is -2.11. The number of hydrogen-bond donors (Lipinski definition) is 1. The number of amides is 1. The number of nitro groups is 1. The molecule has 8 heteroatoms. The largest absolute Gasteiger partial charge is 0.354 e. The van der Waals surface area contributed by atoms with Gasteiger partial charge in [-0.3, -0.25) is 14.9 Å². The van der Waals surface area contributed by atoms with Crippen LogP contribution in [-0.2, 0) is 10.5 Å².